The van der Waals surface area contributed by atoms with Crippen LogP contribution in [0, 0.1) is 5.92 Å². The van der Waals surface area contributed by atoms with Crippen molar-refractivity contribution < 1.29 is 13.2 Å². The van der Waals surface area contributed by atoms with Crippen LogP contribution in [0.3, 0.4) is 0 Å². The van der Waals surface area contributed by atoms with Crippen LogP contribution in [0.4, 0.5) is 0 Å². The van der Waals surface area contributed by atoms with Crippen LogP contribution in [0.15, 0.2) is 48.8 Å². The van der Waals surface area contributed by atoms with Crippen LogP contribution in [-0.2, 0) is 14.6 Å². The summed E-state index contributed by atoms with van der Waals surface area (Å²) in [4.78, 5) is 12.4. The number of carbonyl (C=O) groups excluding carboxylic acids is 1. The van der Waals surface area contributed by atoms with Gasteiger partial charge in [-0.1, -0.05) is 23.7 Å². The molecule has 3 rings (SSSR count). The van der Waals surface area contributed by atoms with Crippen LogP contribution < -0.4 is 5.32 Å². The number of nitrogens with one attached hydrogen (secondary N) is 1. The Morgan fingerprint density at radius 3 is 2.52 bits per heavy atom. The molecule has 1 N–H and O–H groups in total. The van der Waals surface area contributed by atoms with Gasteiger partial charge in [0, 0.05) is 24.0 Å². The third-order valence-electron chi connectivity index (χ3n) is 4.54. The van der Waals surface area contributed by atoms with E-state index < -0.39 is 9.84 Å². The fourth-order valence-corrected chi connectivity index (χ4v) is 5.16. The van der Waals surface area contributed by atoms with Crippen molar-refractivity contribution in [3.8, 4) is 0 Å². The highest BCUT2D eigenvalue weighted by Gasteiger charge is 2.28. The van der Waals surface area contributed by atoms with Crippen molar-refractivity contribution in [2.45, 2.75) is 18.9 Å². The van der Waals surface area contributed by atoms with Gasteiger partial charge in [0.05, 0.1) is 24.0 Å². The maximum atomic E-state index is 12.4. The molecule has 1 aromatic heterocycles. The largest absolute Gasteiger partial charge is 0.356 e. The number of carbonyl (C=O) groups is 1. The molecule has 5 nitrogen and oxygen atoms in total. The number of hydrogen-bond acceptors (Lipinski definition) is 3. The Labute approximate surface area is 152 Å². The quantitative estimate of drug-likeness (QED) is 0.837. The van der Waals surface area contributed by atoms with E-state index in [2.05, 4.69) is 5.32 Å². The zero-order chi connectivity index (χ0) is 17.9. The summed E-state index contributed by atoms with van der Waals surface area (Å²) in [6.45, 7) is 0.414. The van der Waals surface area contributed by atoms with Crippen molar-refractivity contribution >= 4 is 27.3 Å². The molecule has 0 saturated carbocycles. The second kappa shape index (κ2) is 7.62. The van der Waals surface area contributed by atoms with Crippen molar-refractivity contribution in [3.05, 3.63) is 59.4 Å². The van der Waals surface area contributed by atoms with Gasteiger partial charge in [-0.05, 0) is 42.2 Å². The van der Waals surface area contributed by atoms with Gasteiger partial charge in [0.1, 0.15) is 0 Å². The van der Waals surface area contributed by atoms with Crippen molar-refractivity contribution in [1.29, 1.82) is 0 Å². The smallest absolute Gasteiger partial charge is 0.222 e. The molecule has 7 heteroatoms. The number of amides is 1. The van der Waals surface area contributed by atoms with E-state index in [1.807, 2.05) is 53.4 Å². The molecule has 0 radical (unpaired) electrons. The highest BCUT2D eigenvalue weighted by atomic mass is 35.5. The topological polar surface area (TPSA) is 68.2 Å². The first-order chi connectivity index (χ1) is 11.9. The fraction of sp³-hybridized carbons (Fsp3) is 0.389. The maximum absolute atomic E-state index is 12.4. The van der Waals surface area contributed by atoms with Gasteiger partial charge in [-0.2, -0.15) is 0 Å². The Hall–Kier alpha value is -1.79. The highest BCUT2D eigenvalue weighted by Crippen LogP contribution is 2.24. The minimum absolute atomic E-state index is 0.0227. The summed E-state index contributed by atoms with van der Waals surface area (Å²) >= 11 is 5.96. The summed E-state index contributed by atoms with van der Waals surface area (Å²) in [5, 5.41) is 3.55. The first-order valence-electron chi connectivity index (χ1n) is 8.28. The van der Waals surface area contributed by atoms with Crippen LogP contribution >= 0.6 is 11.6 Å². The lowest BCUT2D eigenvalue weighted by Gasteiger charge is -2.20. The number of halogens is 1. The van der Waals surface area contributed by atoms with Gasteiger partial charge in [0.15, 0.2) is 9.84 Å². The van der Waals surface area contributed by atoms with Crippen LogP contribution in [-0.4, -0.2) is 36.9 Å². The second-order valence-corrected chi connectivity index (χ2v) is 9.14. The van der Waals surface area contributed by atoms with E-state index >= 15 is 0 Å². The molecule has 1 aliphatic heterocycles. The molecule has 0 aliphatic carbocycles. The number of benzene rings is 1. The summed E-state index contributed by atoms with van der Waals surface area (Å²) < 4.78 is 25.0. The Morgan fingerprint density at radius 2 is 1.92 bits per heavy atom. The van der Waals surface area contributed by atoms with Crippen LogP contribution in [0.1, 0.15) is 24.4 Å². The minimum atomic E-state index is -2.92. The molecular formula is C18H21ClN2O3S. The molecule has 1 fully saturated rings. The highest BCUT2D eigenvalue weighted by molar-refractivity contribution is 7.91. The van der Waals surface area contributed by atoms with Gasteiger partial charge in [0.25, 0.3) is 0 Å². The van der Waals surface area contributed by atoms with Gasteiger partial charge in [0.2, 0.25) is 5.91 Å². The van der Waals surface area contributed by atoms with Crippen molar-refractivity contribution in [3.63, 3.8) is 0 Å². The number of rotatable bonds is 6. The van der Waals surface area contributed by atoms with Gasteiger partial charge in [-0.15, -0.1) is 0 Å². The molecule has 2 aromatic rings. The average molecular weight is 381 g/mol. The number of hydrogen-bond donors (Lipinski definition) is 1. The Bertz CT molecular complexity index is 817. The molecule has 1 amide bonds. The zero-order valence-corrected chi connectivity index (χ0v) is 15.3. The lowest BCUT2D eigenvalue weighted by Crippen LogP contribution is -2.31. The van der Waals surface area contributed by atoms with Crippen molar-refractivity contribution in [1.82, 2.24) is 9.88 Å². The monoisotopic (exact) mass is 380 g/mol. The molecule has 1 aliphatic rings. The van der Waals surface area contributed by atoms with E-state index in [0.717, 1.165) is 5.56 Å². The lowest BCUT2D eigenvalue weighted by atomic mass is 10.0. The minimum Gasteiger partial charge on any atom is -0.356 e. The summed E-state index contributed by atoms with van der Waals surface area (Å²) in [5.41, 5.74) is 0.999. The van der Waals surface area contributed by atoms with E-state index in [1.54, 1.807) is 0 Å². The summed E-state index contributed by atoms with van der Waals surface area (Å²) in [7, 11) is -2.92. The molecular weight excluding hydrogens is 360 g/mol. The molecule has 1 aromatic carbocycles. The Morgan fingerprint density at radius 1 is 1.24 bits per heavy atom. The second-order valence-electron chi connectivity index (χ2n) is 6.47. The third kappa shape index (κ3) is 4.86. The molecule has 1 saturated heterocycles. The first-order valence-corrected chi connectivity index (χ1v) is 10.5. The predicted octanol–water partition coefficient (Wildman–Crippen LogP) is 2.67. The van der Waals surface area contributed by atoms with Crippen LogP contribution in [0.2, 0.25) is 5.02 Å². The molecule has 2 heterocycles. The standard InChI is InChI=1S/C18H21ClN2O3S/c19-16-5-3-15(4-6-16)17(21-8-1-2-9-21)11-18(22)20-12-14-7-10-25(23,24)13-14/h1-6,8-9,14,17H,7,10-13H2,(H,20,22)/t14-,17-/m0/s1. The van der Waals surface area contributed by atoms with Crippen LogP contribution in [0.25, 0.3) is 0 Å². The maximum Gasteiger partial charge on any atom is 0.222 e. The summed E-state index contributed by atoms with van der Waals surface area (Å²) in [6, 6.07) is 11.2. The summed E-state index contributed by atoms with van der Waals surface area (Å²) in [6.07, 6.45) is 4.77. The van der Waals surface area contributed by atoms with E-state index in [9.17, 15) is 13.2 Å². The van der Waals surface area contributed by atoms with E-state index in [4.69, 9.17) is 11.6 Å². The molecule has 0 spiro atoms. The molecule has 0 unspecified atom stereocenters. The lowest BCUT2D eigenvalue weighted by molar-refractivity contribution is -0.121. The SMILES string of the molecule is O=C(C[C@@H](c1ccc(Cl)cc1)n1cccc1)NC[C@@H]1CCS(=O)(=O)C1. The van der Waals surface area contributed by atoms with E-state index in [0.29, 0.717) is 18.0 Å². The number of sulfone groups is 1. The Balaban J connectivity index is 1.64. The number of aromatic nitrogens is 1. The van der Waals surface area contributed by atoms with Crippen molar-refractivity contribution in [2.75, 3.05) is 18.1 Å². The average Bonchev–Trinajstić information content (AvgIpc) is 3.21. The molecule has 134 valence electrons. The first kappa shape index (κ1) is 18.0. The molecule has 2 atom stereocenters. The van der Waals surface area contributed by atoms with E-state index in [-0.39, 0.29) is 35.8 Å². The third-order valence-corrected chi connectivity index (χ3v) is 6.62. The zero-order valence-electron chi connectivity index (χ0n) is 13.8. The van der Waals surface area contributed by atoms with Crippen LogP contribution in [0.5, 0.6) is 0 Å². The Kier molecular flexibility index (Phi) is 5.49. The van der Waals surface area contributed by atoms with Crippen molar-refractivity contribution in [2.24, 2.45) is 5.92 Å². The normalized spacial score (nSPS) is 20.3. The molecule has 0 bridgehead atoms. The molecule has 25 heavy (non-hydrogen) atoms. The number of nitrogens with zero attached hydrogens (tertiary/aromatic N) is 1. The van der Waals surface area contributed by atoms with Gasteiger partial charge in [-0.25, -0.2) is 8.42 Å². The van der Waals surface area contributed by atoms with Gasteiger partial charge >= 0.3 is 0 Å². The fourth-order valence-electron chi connectivity index (χ4n) is 3.17. The van der Waals surface area contributed by atoms with Gasteiger partial charge < -0.3 is 9.88 Å². The predicted molar refractivity (Wildman–Crippen MR) is 98.4 cm³/mol. The summed E-state index contributed by atoms with van der Waals surface area (Å²) in [5.74, 6) is 0.336. The van der Waals surface area contributed by atoms with Gasteiger partial charge in [-0.3, -0.25) is 4.79 Å². The van der Waals surface area contributed by atoms with E-state index in [1.165, 1.54) is 0 Å².